The Bertz CT molecular complexity index is 271. The number of rotatable bonds is 0. The van der Waals surface area contributed by atoms with Crippen LogP contribution in [0.2, 0.25) is 0 Å². The number of carbonyl (C=O) groups excluding carboxylic acids is 1. The Labute approximate surface area is 96.6 Å². The Morgan fingerprint density at radius 1 is 1.40 bits per heavy atom. The van der Waals surface area contributed by atoms with Gasteiger partial charge in [-0.3, -0.25) is 0 Å². The van der Waals surface area contributed by atoms with Crippen LogP contribution in [0.15, 0.2) is 0 Å². The predicted octanol–water partition coefficient (Wildman–Crippen LogP) is 2.32. The Kier molecular flexibility index (Phi) is 2.45. The van der Waals surface area contributed by atoms with Crippen LogP contribution >= 0.6 is 12.6 Å². The summed E-state index contributed by atoms with van der Waals surface area (Å²) < 4.78 is 5.30. The normalized spacial score (nSPS) is 24.7. The number of hydrogen-bond acceptors (Lipinski definition) is 3. The molecule has 1 amide bonds. The molecule has 0 bridgehead atoms. The van der Waals surface area contributed by atoms with Crippen molar-refractivity contribution in [2.75, 3.05) is 13.1 Å². The van der Waals surface area contributed by atoms with Crippen molar-refractivity contribution < 1.29 is 9.53 Å². The van der Waals surface area contributed by atoms with E-state index in [2.05, 4.69) is 12.6 Å². The van der Waals surface area contributed by atoms with Gasteiger partial charge in [-0.25, -0.2) is 4.79 Å². The third kappa shape index (κ3) is 2.25. The lowest BCUT2D eigenvalue weighted by Gasteiger charge is -2.57. The number of amides is 1. The van der Waals surface area contributed by atoms with Gasteiger partial charge in [0.2, 0.25) is 0 Å². The lowest BCUT2D eigenvalue weighted by molar-refractivity contribution is -0.0658. The SMILES string of the molecule is CC(C)(C)OC(=O)N1CC2(CC(S)C2)C1. The molecular formula is C11H19NO2S. The molecule has 1 aliphatic carbocycles. The fourth-order valence-corrected chi connectivity index (χ4v) is 3.19. The molecule has 3 nitrogen and oxygen atoms in total. The summed E-state index contributed by atoms with van der Waals surface area (Å²) in [4.78, 5) is 13.4. The first-order valence-corrected chi connectivity index (χ1v) is 5.97. The Morgan fingerprint density at radius 3 is 2.33 bits per heavy atom. The molecule has 1 spiro atoms. The summed E-state index contributed by atoms with van der Waals surface area (Å²) in [7, 11) is 0. The summed E-state index contributed by atoms with van der Waals surface area (Å²) in [6, 6.07) is 0. The first kappa shape index (κ1) is 11.1. The van der Waals surface area contributed by atoms with E-state index in [1.165, 1.54) is 0 Å². The Morgan fingerprint density at radius 2 is 1.93 bits per heavy atom. The third-order valence-corrected chi connectivity index (χ3v) is 3.41. The van der Waals surface area contributed by atoms with E-state index in [-0.39, 0.29) is 11.7 Å². The van der Waals surface area contributed by atoms with Gasteiger partial charge in [-0.2, -0.15) is 12.6 Å². The highest BCUT2D eigenvalue weighted by atomic mass is 32.1. The first-order valence-electron chi connectivity index (χ1n) is 5.46. The van der Waals surface area contributed by atoms with Gasteiger partial charge in [0.15, 0.2) is 0 Å². The van der Waals surface area contributed by atoms with Gasteiger partial charge >= 0.3 is 6.09 Å². The van der Waals surface area contributed by atoms with Crippen LogP contribution in [0.1, 0.15) is 33.6 Å². The molecule has 1 saturated heterocycles. The molecule has 2 aliphatic rings. The van der Waals surface area contributed by atoms with Crippen molar-refractivity contribution >= 4 is 18.7 Å². The number of nitrogens with zero attached hydrogens (tertiary/aromatic N) is 1. The van der Waals surface area contributed by atoms with Crippen molar-refractivity contribution in [3.8, 4) is 0 Å². The van der Waals surface area contributed by atoms with Gasteiger partial charge in [-0.15, -0.1) is 0 Å². The maximum atomic E-state index is 11.6. The van der Waals surface area contributed by atoms with Crippen LogP contribution in [0.5, 0.6) is 0 Å². The lowest BCUT2D eigenvalue weighted by atomic mass is 9.63. The molecule has 86 valence electrons. The second kappa shape index (κ2) is 3.30. The largest absolute Gasteiger partial charge is 0.444 e. The number of thiol groups is 1. The number of carbonyl (C=O) groups is 1. The van der Waals surface area contributed by atoms with Crippen LogP contribution in [0.3, 0.4) is 0 Å². The van der Waals surface area contributed by atoms with Gasteiger partial charge in [-0.1, -0.05) is 0 Å². The number of hydrogen-bond donors (Lipinski definition) is 1. The molecule has 1 aliphatic heterocycles. The first-order chi connectivity index (χ1) is 6.80. The highest BCUT2D eigenvalue weighted by Crippen LogP contribution is 2.50. The fourth-order valence-electron chi connectivity index (χ4n) is 2.42. The minimum atomic E-state index is -0.383. The van der Waals surface area contributed by atoms with Crippen LogP contribution in [-0.2, 0) is 4.74 Å². The zero-order valence-electron chi connectivity index (χ0n) is 9.62. The molecule has 0 radical (unpaired) electrons. The molecule has 15 heavy (non-hydrogen) atoms. The maximum Gasteiger partial charge on any atom is 0.410 e. The molecule has 0 atom stereocenters. The van der Waals surface area contributed by atoms with Crippen LogP contribution in [0, 0.1) is 5.41 Å². The average molecular weight is 229 g/mol. The molecule has 2 fully saturated rings. The molecule has 0 unspecified atom stereocenters. The van der Waals surface area contributed by atoms with Crippen molar-refractivity contribution in [3.05, 3.63) is 0 Å². The van der Waals surface area contributed by atoms with Crippen LogP contribution in [-0.4, -0.2) is 34.9 Å². The average Bonchev–Trinajstić information content (AvgIpc) is 1.89. The van der Waals surface area contributed by atoms with Crippen molar-refractivity contribution in [1.82, 2.24) is 4.90 Å². The van der Waals surface area contributed by atoms with Crippen LogP contribution in [0.25, 0.3) is 0 Å². The van der Waals surface area contributed by atoms with Crippen molar-refractivity contribution in [1.29, 1.82) is 0 Å². The van der Waals surface area contributed by atoms with Gasteiger partial charge in [0.25, 0.3) is 0 Å². The van der Waals surface area contributed by atoms with E-state index in [1.807, 2.05) is 20.8 Å². The molecule has 0 aromatic rings. The quantitative estimate of drug-likeness (QED) is 0.646. The molecule has 0 aromatic carbocycles. The van der Waals surface area contributed by atoms with Gasteiger partial charge < -0.3 is 9.64 Å². The summed E-state index contributed by atoms with van der Waals surface area (Å²) in [6.07, 6.45) is 2.13. The summed E-state index contributed by atoms with van der Waals surface area (Å²) >= 11 is 4.40. The van der Waals surface area contributed by atoms with E-state index >= 15 is 0 Å². The van der Waals surface area contributed by atoms with E-state index in [0.717, 1.165) is 25.9 Å². The van der Waals surface area contributed by atoms with Crippen LogP contribution in [0.4, 0.5) is 4.79 Å². The second-order valence-corrected chi connectivity index (χ2v) is 6.63. The number of ether oxygens (including phenoxy) is 1. The zero-order chi connectivity index (χ0) is 11.3. The van der Waals surface area contributed by atoms with Crippen molar-refractivity contribution in [3.63, 3.8) is 0 Å². The molecule has 1 saturated carbocycles. The topological polar surface area (TPSA) is 29.5 Å². The molecule has 4 heteroatoms. The summed E-state index contributed by atoms with van der Waals surface area (Å²) in [5.74, 6) is 0. The number of likely N-dealkylation sites (tertiary alicyclic amines) is 1. The minimum Gasteiger partial charge on any atom is -0.444 e. The minimum absolute atomic E-state index is 0.171. The van der Waals surface area contributed by atoms with Crippen LogP contribution < -0.4 is 0 Å². The van der Waals surface area contributed by atoms with Gasteiger partial charge in [-0.05, 0) is 33.6 Å². The molecule has 0 N–H and O–H groups in total. The summed E-state index contributed by atoms with van der Waals surface area (Å²) in [5.41, 5.74) is 0.00878. The monoisotopic (exact) mass is 229 g/mol. The third-order valence-electron chi connectivity index (χ3n) is 3.04. The van der Waals surface area contributed by atoms with E-state index < -0.39 is 0 Å². The predicted molar refractivity (Wildman–Crippen MR) is 62.2 cm³/mol. The van der Waals surface area contributed by atoms with E-state index in [4.69, 9.17) is 4.74 Å². The Hall–Kier alpha value is -0.380. The molecule has 1 heterocycles. The van der Waals surface area contributed by atoms with Gasteiger partial charge in [0.1, 0.15) is 5.60 Å². The highest BCUT2D eigenvalue weighted by molar-refractivity contribution is 7.81. The molecular weight excluding hydrogens is 210 g/mol. The fraction of sp³-hybridized carbons (Fsp3) is 0.909. The maximum absolute atomic E-state index is 11.6. The summed E-state index contributed by atoms with van der Waals surface area (Å²) in [5, 5.41) is 0.547. The van der Waals surface area contributed by atoms with E-state index in [9.17, 15) is 4.79 Å². The second-order valence-electron chi connectivity index (χ2n) is 5.90. The van der Waals surface area contributed by atoms with Crippen molar-refractivity contribution in [2.45, 2.75) is 44.5 Å². The zero-order valence-corrected chi connectivity index (χ0v) is 10.5. The van der Waals surface area contributed by atoms with E-state index in [0.29, 0.717) is 10.7 Å². The van der Waals surface area contributed by atoms with Gasteiger partial charge in [0, 0.05) is 23.8 Å². The highest BCUT2D eigenvalue weighted by Gasteiger charge is 2.53. The molecule has 0 aromatic heterocycles. The summed E-state index contributed by atoms with van der Waals surface area (Å²) in [6.45, 7) is 7.41. The van der Waals surface area contributed by atoms with Gasteiger partial charge in [0.05, 0.1) is 0 Å². The Balaban J connectivity index is 1.77. The standard InChI is InChI=1S/C11H19NO2S/c1-10(2,3)14-9(13)12-6-11(7-12)4-8(15)5-11/h8,15H,4-7H2,1-3H3. The smallest absolute Gasteiger partial charge is 0.410 e. The van der Waals surface area contributed by atoms with E-state index in [1.54, 1.807) is 4.90 Å². The lowest BCUT2D eigenvalue weighted by Crippen LogP contribution is -2.64. The molecule has 2 rings (SSSR count). The van der Waals surface area contributed by atoms with Crippen molar-refractivity contribution in [2.24, 2.45) is 5.41 Å².